The van der Waals surface area contributed by atoms with Crippen LogP contribution in [0, 0.1) is 11.3 Å². The Morgan fingerprint density at radius 1 is 1.62 bits per heavy atom. The molecule has 1 aliphatic carbocycles. The molecule has 0 aromatic carbocycles. The van der Waals surface area contributed by atoms with Crippen LogP contribution in [-0.2, 0) is 4.74 Å². The predicted octanol–water partition coefficient (Wildman–Crippen LogP) is 3.21. The smallest absolute Gasteiger partial charge is 0.212 e. The van der Waals surface area contributed by atoms with Gasteiger partial charge in [-0.2, -0.15) is 5.26 Å². The molecule has 2 atom stereocenters. The molecule has 1 fully saturated rings. The molecule has 4 heteroatoms. The summed E-state index contributed by atoms with van der Waals surface area (Å²) in [5.74, 6) is 0.623. The second kappa shape index (κ2) is 6.70. The molecule has 3 nitrogen and oxygen atoms in total. The van der Waals surface area contributed by atoms with E-state index in [9.17, 15) is 0 Å². The summed E-state index contributed by atoms with van der Waals surface area (Å²) in [5.41, 5.74) is 0.902. The molecule has 0 heterocycles. The number of halogens is 1. The van der Waals surface area contributed by atoms with Gasteiger partial charge in [-0.1, -0.05) is 28.9 Å². The van der Waals surface area contributed by atoms with Crippen molar-refractivity contribution in [3.8, 4) is 6.07 Å². The van der Waals surface area contributed by atoms with Crippen molar-refractivity contribution in [1.82, 2.24) is 0 Å². The van der Waals surface area contributed by atoms with Gasteiger partial charge in [-0.05, 0) is 19.3 Å². The zero-order chi connectivity index (χ0) is 12.0. The van der Waals surface area contributed by atoms with Gasteiger partial charge in [0.1, 0.15) is 0 Å². The second-order valence-electron chi connectivity index (χ2n) is 3.77. The first kappa shape index (κ1) is 13.2. The maximum atomic E-state index is 8.75. The van der Waals surface area contributed by atoms with Gasteiger partial charge in [-0.15, -0.1) is 0 Å². The van der Waals surface area contributed by atoms with Crippen LogP contribution < -0.4 is 0 Å². The van der Waals surface area contributed by atoms with E-state index >= 15 is 0 Å². The van der Waals surface area contributed by atoms with Crippen molar-refractivity contribution in [1.29, 1.82) is 5.26 Å². The lowest BCUT2D eigenvalue weighted by molar-refractivity contribution is 0.378. The minimum Gasteiger partial charge on any atom is -0.481 e. The van der Waals surface area contributed by atoms with E-state index in [1.807, 2.05) is 13.0 Å². The van der Waals surface area contributed by atoms with E-state index in [1.54, 1.807) is 7.11 Å². The Bertz CT molecular complexity index is 330. The average molecular weight is 285 g/mol. The summed E-state index contributed by atoms with van der Waals surface area (Å²) in [4.78, 5) is 5.01. The molecular weight excluding hydrogens is 268 g/mol. The number of hydrogen-bond acceptors (Lipinski definition) is 3. The van der Waals surface area contributed by atoms with Crippen molar-refractivity contribution in [3.63, 3.8) is 0 Å². The second-order valence-corrected chi connectivity index (χ2v) is 4.95. The van der Waals surface area contributed by atoms with Crippen molar-refractivity contribution < 1.29 is 4.74 Å². The van der Waals surface area contributed by atoms with E-state index in [0.717, 1.165) is 24.8 Å². The largest absolute Gasteiger partial charge is 0.481 e. The van der Waals surface area contributed by atoms with Crippen molar-refractivity contribution in [2.45, 2.75) is 43.5 Å². The van der Waals surface area contributed by atoms with Crippen LogP contribution in [0.1, 0.15) is 32.6 Å². The highest BCUT2D eigenvalue weighted by molar-refractivity contribution is 9.09. The van der Waals surface area contributed by atoms with Crippen molar-refractivity contribution >= 4 is 21.8 Å². The first-order chi connectivity index (χ1) is 7.72. The fraction of sp³-hybridized carbons (Fsp3) is 0.667. The zero-order valence-electron chi connectivity index (χ0n) is 9.74. The van der Waals surface area contributed by atoms with Gasteiger partial charge in [0, 0.05) is 10.4 Å². The van der Waals surface area contributed by atoms with Gasteiger partial charge in [-0.3, -0.25) is 0 Å². The van der Waals surface area contributed by atoms with E-state index in [4.69, 9.17) is 10.00 Å². The Kier molecular flexibility index (Phi) is 5.54. The van der Waals surface area contributed by atoms with Crippen LogP contribution >= 0.6 is 15.9 Å². The Morgan fingerprint density at radius 3 is 2.75 bits per heavy atom. The molecule has 1 unspecified atom stereocenters. The summed E-state index contributed by atoms with van der Waals surface area (Å²) < 4.78 is 5.28. The van der Waals surface area contributed by atoms with E-state index < -0.39 is 0 Å². The Balaban J connectivity index is 2.78. The molecule has 0 saturated heterocycles. The molecule has 0 amide bonds. The number of ether oxygens (including phenoxy) is 1. The monoisotopic (exact) mass is 284 g/mol. The van der Waals surface area contributed by atoms with E-state index in [2.05, 4.69) is 27.0 Å². The van der Waals surface area contributed by atoms with Gasteiger partial charge < -0.3 is 4.74 Å². The van der Waals surface area contributed by atoms with Crippen LogP contribution in [0.4, 0.5) is 0 Å². The molecule has 1 rings (SSSR count). The molecule has 0 N–H and O–H groups in total. The van der Waals surface area contributed by atoms with Gasteiger partial charge in [0.15, 0.2) is 0 Å². The number of alkyl halides is 1. The van der Waals surface area contributed by atoms with Crippen LogP contribution in [0.5, 0.6) is 0 Å². The molecule has 88 valence electrons. The van der Waals surface area contributed by atoms with E-state index in [-0.39, 0.29) is 0 Å². The average Bonchev–Trinajstić information content (AvgIpc) is 2.28. The van der Waals surface area contributed by atoms with Gasteiger partial charge in [-0.25, -0.2) is 4.99 Å². The Hall–Kier alpha value is -0.820. The summed E-state index contributed by atoms with van der Waals surface area (Å²) in [6.07, 6.45) is 5.51. The van der Waals surface area contributed by atoms with Crippen LogP contribution in [0.2, 0.25) is 0 Å². The lowest BCUT2D eigenvalue weighted by atomic mass is 9.93. The summed E-state index contributed by atoms with van der Waals surface area (Å²) in [6, 6.07) is 2.45. The van der Waals surface area contributed by atoms with Gasteiger partial charge in [0.25, 0.3) is 0 Å². The highest BCUT2D eigenvalue weighted by Gasteiger charge is 2.28. The first-order valence-electron chi connectivity index (χ1n) is 5.55. The van der Waals surface area contributed by atoms with Crippen LogP contribution in [0.25, 0.3) is 0 Å². The van der Waals surface area contributed by atoms with Crippen molar-refractivity contribution in [2.75, 3.05) is 7.11 Å². The number of methoxy groups -OCH3 is 1. The molecule has 0 bridgehead atoms. The van der Waals surface area contributed by atoms with Gasteiger partial charge in [0.2, 0.25) is 5.90 Å². The number of rotatable bonds is 4. The lowest BCUT2D eigenvalue weighted by Crippen LogP contribution is -2.31. The third kappa shape index (κ3) is 3.34. The molecular formula is C12H17BrN2O. The molecule has 0 aromatic rings. The normalized spacial score (nSPS) is 25.9. The minimum absolute atomic E-state index is 0.300. The van der Waals surface area contributed by atoms with Gasteiger partial charge >= 0.3 is 0 Å². The first-order valence-corrected chi connectivity index (χ1v) is 6.46. The van der Waals surface area contributed by atoms with Gasteiger partial charge in [0.05, 0.1) is 25.6 Å². The molecule has 0 spiro atoms. The number of hydrogen-bond donors (Lipinski definition) is 0. The third-order valence-corrected chi connectivity index (χ3v) is 3.69. The Morgan fingerprint density at radius 2 is 2.38 bits per heavy atom. The summed E-state index contributed by atoms with van der Waals surface area (Å²) >= 11 is 3.56. The maximum absolute atomic E-state index is 8.75. The Labute approximate surface area is 105 Å². The van der Waals surface area contributed by atoms with Crippen LogP contribution in [-0.4, -0.2) is 23.9 Å². The lowest BCUT2D eigenvalue weighted by Gasteiger charge is -2.29. The fourth-order valence-corrected chi connectivity index (χ4v) is 2.22. The molecule has 0 aromatic heterocycles. The summed E-state index contributed by atoms with van der Waals surface area (Å²) in [7, 11) is 1.61. The van der Waals surface area contributed by atoms with Crippen molar-refractivity contribution in [2.24, 2.45) is 4.99 Å². The molecule has 0 radical (unpaired) electrons. The SMILES string of the molecule is CC/C=C(/CC#N)C(=N[C@@H]1CCC1Br)OC. The highest BCUT2D eigenvalue weighted by Crippen LogP contribution is 2.30. The number of aliphatic imine (C=N–C) groups is 1. The topological polar surface area (TPSA) is 45.4 Å². The number of nitriles is 1. The van der Waals surface area contributed by atoms with Crippen LogP contribution in [0.15, 0.2) is 16.6 Å². The summed E-state index contributed by atoms with van der Waals surface area (Å²) in [5, 5.41) is 8.75. The van der Waals surface area contributed by atoms with E-state index in [1.165, 1.54) is 0 Å². The highest BCUT2D eigenvalue weighted by atomic mass is 79.9. The fourth-order valence-electron chi connectivity index (χ4n) is 1.57. The zero-order valence-corrected chi connectivity index (χ0v) is 11.3. The molecule has 0 aliphatic heterocycles. The predicted molar refractivity (Wildman–Crippen MR) is 68.8 cm³/mol. The molecule has 16 heavy (non-hydrogen) atoms. The summed E-state index contributed by atoms with van der Waals surface area (Å²) in [6.45, 7) is 2.04. The third-order valence-electron chi connectivity index (χ3n) is 2.63. The molecule has 1 saturated carbocycles. The number of nitrogens with zero attached hydrogens (tertiary/aromatic N) is 2. The van der Waals surface area contributed by atoms with Crippen molar-refractivity contribution in [3.05, 3.63) is 11.6 Å². The number of allylic oxidation sites excluding steroid dienone is 1. The van der Waals surface area contributed by atoms with E-state index in [0.29, 0.717) is 23.2 Å². The standard InChI is InChI=1S/C12H17BrN2O/c1-3-4-9(7-8-14)12(16-2)15-11-6-5-10(11)13/h4,10-11H,3,5-7H2,1-2H3/b9-4-,15-12?/t10?,11-/m1/s1. The maximum Gasteiger partial charge on any atom is 0.212 e. The van der Waals surface area contributed by atoms with Crippen LogP contribution in [0.3, 0.4) is 0 Å². The molecule has 1 aliphatic rings. The quantitative estimate of drug-likeness (QED) is 0.452. The minimum atomic E-state index is 0.300.